The van der Waals surface area contributed by atoms with Gasteiger partial charge in [0, 0.05) is 11.1 Å². The van der Waals surface area contributed by atoms with E-state index in [1.54, 1.807) is 48.6 Å². The van der Waals surface area contributed by atoms with Gasteiger partial charge in [0.05, 0.1) is 0 Å². The van der Waals surface area contributed by atoms with Crippen molar-refractivity contribution in [3.8, 4) is 23.6 Å². The van der Waals surface area contributed by atoms with Crippen LogP contribution in [0.1, 0.15) is 11.1 Å². The molecule has 120 valence electrons. The molecule has 0 amide bonds. The summed E-state index contributed by atoms with van der Waals surface area (Å²) in [5.74, 6) is -0.204. The number of para-hydroxylation sites is 1. The zero-order chi connectivity index (χ0) is 17.8. The van der Waals surface area contributed by atoms with Gasteiger partial charge in [-0.25, -0.2) is 4.39 Å². The lowest BCUT2D eigenvalue weighted by molar-refractivity contribution is 0.432. The Labute approximate surface area is 143 Å². The number of hydrogen-bond acceptors (Lipinski definition) is 4. The number of phenols is 1. The van der Waals surface area contributed by atoms with Gasteiger partial charge >= 0.3 is 0 Å². The van der Waals surface area contributed by atoms with Crippen LogP contribution in [0.2, 0.25) is 0 Å². The average molecular weight is 330 g/mol. The normalized spacial score (nSPS) is 12.6. The van der Waals surface area contributed by atoms with Gasteiger partial charge in [0.2, 0.25) is 0 Å². The summed E-state index contributed by atoms with van der Waals surface area (Å²) in [5.41, 5.74) is 1.65. The van der Waals surface area contributed by atoms with Gasteiger partial charge in [0.15, 0.2) is 11.6 Å². The average Bonchev–Trinajstić information content (AvgIpc) is 2.63. The lowest BCUT2D eigenvalue weighted by atomic mass is 9.97. The van der Waals surface area contributed by atoms with E-state index in [-0.39, 0.29) is 5.57 Å². The van der Waals surface area contributed by atoms with Crippen molar-refractivity contribution in [3.63, 3.8) is 0 Å². The van der Waals surface area contributed by atoms with Gasteiger partial charge in [-0.1, -0.05) is 30.3 Å². The lowest BCUT2D eigenvalue weighted by Crippen LogP contribution is -2.03. The third-order valence-corrected chi connectivity index (χ3v) is 3.60. The minimum absolute atomic E-state index is 0.0164. The smallest absolute Gasteiger partial charge is 0.165 e. The van der Waals surface area contributed by atoms with Crippen LogP contribution in [-0.4, -0.2) is 5.11 Å². The molecule has 0 unspecified atom stereocenters. The fraction of sp³-hybridized carbons (Fsp3) is 0. The number of allylic oxidation sites excluding steroid dienone is 4. The molecule has 4 nitrogen and oxygen atoms in total. The third kappa shape index (κ3) is 3.26. The Morgan fingerprint density at radius 1 is 1.08 bits per heavy atom. The minimum Gasteiger partial charge on any atom is -0.505 e. The van der Waals surface area contributed by atoms with Crippen LogP contribution in [0.15, 0.2) is 65.9 Å². The van der Waals surface area contributed by atoms with E-state index in [1.807, 2.05) is 12.1 Å². The Morgan fingerprint density at radius 2 is 1.84 bits per heavy atom. The van der Waals surface area contributed by atoms with Crippen LogP contribution < -0.4 is 4.74 Å². The molecular formula is C20H11FN2O2. The summed E-state index contributed by atoms with van der Waals surface area (Å²) >= 11 is 0. The summed E-state index contributed by atoms with van der Waals surface area (Å²) < 4.78 is 19.1. The molecule has 2 aromatic carbocycles. The van der Waals surface area contributed by atoms with Crippen molar-refractivity contribution in [3.05, 3.63) is 82.9 Å². The van der Waals surface area contributed by atoms with E-state index < -0.39 is 11.6 Å². The highest BCUT2D eigenvalue weighted by molar-refractivity contribution is 5.87. The molecule has 0 aromatic heterocycles. The number of fused-ring (bicyclic) bond motifs is 1. The van der Waals surface area contributed by atoms with E-state index >= 15 is 0 Å². The van der Waals surface area contributed by atoms with Crippen molar-refractivity contribution in [1.82, 2.24) is 0 Å². The SMILES string of the molecule is N#CC(C#N)=C1C=C(/C=C/c2ccc(O)c(F)c2)Oc2ccccc21. The van der Waals surface area contributed by atoms with Crippen LogP contribution in [0.5, 0.6) is 11.5 Å². The Hall–Kier alpha value is -3.83. The number of hydrogen-bond donors (Lipinski definition) is 1. The van der Waals surface area contributed by atoms with Crippen molar-refractivity contribution in [1.29, 1.82) is 10.5 Å². The van der Waals surface area contributed by atoms with Gasteiger partial charge in [-0.05, 0) is 35.9 Å². The predicted molar refractivity (Wildman–Crippen MR) is 90.4 cm³/mol. The molecule has 0 spiro atoms. The third-order valence-electron chi connectivity index (χ3n) is 3.60. The first kappa shape index (κ1) is 16.0. The summed E-state index contributed by atoms with van der Waals surface area (Å²) in [6.07, 6.45) is 4.81. The van der Waals surface area contributed by atoms with Crippen LogP contribution in [0.25, 0.3) is 11.6 Å². The molecular weight excluding hydrogens is 319 g/mol. The second-order valence-electron chi connectivity index (χ2n) is 5.20. The molecule has 0 saturated heterocycles. The highest BCUT2D eigenvalue weighted by Gasteiger charge is 2.18. The Kier molecular flexibility index (Phi) is 4.32. The van der Waals surface area contributed by atoms with Crippen molar-refractivity contribution in [2.75, 3.05) is 0 Å². The molecule has 1 aliphatic rings. The number of phenolic OH excluding ortho intramolecular Hbond substituents is 1. The summed E-state index contributed by atoms with van der Waals surface area (Å²) in [6, 6.07) is 14.9. The zero-order valence-corrected chi connectivity index (χ0v) is 12.9. The standard InChI is InChI=1S/C20H11FN2O2/c21-18-9-13(6-8-19(18)24)5-7-15-10-17(14(11-22)12-23)16-3-1-2-4-20(16)25-15/h1-10,24H/b7-5+. The van der Waals surface area contributed by atoms with Gasteiger partial charge < -0.3 is 9.84 Å². The van der Waals surface area contributed by atoms with Crippen LogP contribution >= 0.6 is 0 Å². The summed E-state index contributed by atoms with van der Waals surface area (Å²) in [5, 5.41) is 27.6. The fourth-order valence-corrected chi connectivity index (χ4v) is 2.39. The van der Waals surface area contributed by atoms with Crippen molar-refractivity contribution < 1.29 is 14.2 Å². The van der Waals surface area contributed by atoms with Crippen LogP contribution in [-0.2, 0) is 0 Å². The molecule has 0 fully saturated rings. The van der Waals surface area contributed by atoms with E-state index in [4.69, 9.17) is 4.74 Å². The van der Waals surface area contributed by atoms with Crippen LogP contribution in [0.3, 0.4) is 0 Å². The highest BCUT2D eigenvalue weighted by Crippen LogP contribution is 2.35. The molecule has 2 aromatic rings. The van der Waals surface area contributed by atoms with E-state index in [0.717, 1.165) is 0 Å². The number of nitriles is 2. The van der Waals surface area contributed by atoms with E-state index in [9.17, 15) is 20.0 Å². The first-order chi connectivity index (χ1) is 12.1. The van der Waals surface area contributed by atoms with Crippen molar-refractivity contribution in [2.24, 2.45) is 0 Å². The summed E-state index contributed by atoms with van der Waals surface area (Å²) in [7, 11) is 0. The Morgan fingerprint density at radius 3 is 2.56 bits per heavy atom. The van der Waals surface area contributed by atoms with Crippen molar-refractivity contribution in [2.45, 2.75) is 0 Å². The molecule has 25 heavy (non-hydrogen) atoms. The number of ether oxygens (including phenoxy) is 1. The van der Waals surface area contributed by atoms with E-state index in [1.165, 1.54) is 12.1 Å². The predicted octanol–water partition coefficient (Wildman–Crippen LogP) is 4.32. The van der Waals surface area contributed by atoms with Gasteiger partial charge in [0.1, 0.15) is 29.2 Å². The van der Waals surface area contributed by atoms with E-state index in [2.05, 4.69) is 0 Å². The summed E-state index contributed by atoms with van der Waals surface area (Å²) in [6.45, 7) is 0. The molecule has 0 atom stereocenters. The maximum Gasteiger partial charge on any atom is 0.165 e. The van der Waals surface area contributed by atoms with Gasteiger partial charge in [-0.2, -0.15) is 10.5 Å². The number of rotatable bonds is 2. The quantitative estimate of drug-likeness (QED) is 0.832. The molecule has 3 rings (SSSR count). The topological polar surface area (TPSA) is 77.0 Å². The molecule has 1 heterocycles. The van der Waals surface area contributed by atoms with E-state index in [0.29, 0.717) is 28.2 Å². The second kappa shape index (κ2) is 6.74. The first-order valence-corrected chi connectivity index (χ1v) is 7.32. The molecule has 0 aliphatic carbocycles. The molecule has 0 radical (unpaired) electrons. The van der Waals surface area contributed by atoms with Crippen LogP contribution in [0, 0.1) is 28.5 Å². The number of halogens is 1. The Balaban J connectivity index is 2.02. The maximum atomic E-state index is 13.4. The molecule has 5 heteroatoms. The molecule has 1 N–H and O–H groups in total. The number of benzene rings is 2. The largest absolute Gasteiger partial charge is 0.505 e. The highest BCUT2D eigenvalue weighted by atomic mass is 19.1. The number of nitrogens with zero attached hydrogens (tertiary/aromatic N) is 2. The summed E-state index contributed by atoms with van der Waals surface area (Å²) in [4.78, 5) is 0. The van der Waals surface area contributed by atoms with Gasteiger partial charge in [-0.3, -0.25) is 0 Å². The second-order valence-corrected chi connectivity index (χ2v) is 5.20. The lowest BCUT2D eigenvalue weighted by Gasteiger charge is -2.18. The first-order valence-electron chi connectivity index (χ1n) is 7.32. The monoisotopic (exact) mass is 330 g/mol. The zero-order valence-electron chi connectivity index (χ0n) is 12.9. The van der Waals surface area contributed by atoms with Crippen molar-refractivity contribution >= 4 is 11.6 Å². The molecule has 0 bridgehead atoms. The Bertz CT molecular complexity index is 1000. The van der Waals surface area contributed by atoms with Gasteiger partial charge in [0.25, 0.3) is 0 Å². The number of aromatic hydroxyl groups is 1. The molecule has 1 aliphatic heterocycles. The maximum absolute atomic E-state index is 13.4. The fourth-order valence-electron chi connectivity index (χ4n) is 2.39. The molecule has 0 saturated carbocycles. The van der Waals surface area contributed by atoms with Crippen LogP contribution in [0.4, 0.5) is 4.39 Å². The minimum atomic E-state index is -0.720. The van der Waals surface area contributed by atoms with Gasteiger partial charge in [-0.15, -0.1) is 0 Å².